The monoisotopic (exact) mass is 232 g/mol. The summed E-state index contributed by atoms with van der Waals surface area (Å²) < 4.78 is 4.44. The van der Waals surface area contributed by atoms with Crippen LogP contribution in [-0.2, 0) is 14.3 Å². The van der Waals surface area contributed by atoms with Crippen molar-refractivity contribution in [1.82, 2.24) is 0 Å². The number of phenols is 1. The molecule has 0 amide bonds. The summed E-state index contributed by atoms with van der Waals surface area (Å²) in [6.45, 7) is 4.82. The van der Waals surface area contributed by atoms with Crippen molar-refractivity contribution in [2.75, 3.05) is 0 Å². The number of esters is 2. The van der Waals surface area contributed by atoms with Gasteiger partial charge in [0, 0.05) is 11.6 Å². The van der Waals surface area contributed by atoms with Gasteiger partial charge in [-0.3, -0.25) is 0 Å². The average Bonchev–Trinajstić information content (AvgIpc) is 2.28. The summed E-state index contributed by atoms with van der Waals surface area (Å²) >= 11 is 0. The molecule has 17 heavy (non-hydrogen) atoms. The van der Waals surface area contributed by atoms with Crippen molar-refractivity contribution in [1.29, 1.82) is 0 Å². The molecule has 0 bridgehead atoms. The second-order valence-corrected chi connectivity index (χ2v) is 3.41. The van der Waals surface area contributed by atoms with E-state index in [4.69, 9.17) is 5.11 Å². The van der Waals surface area contributed by atoms with E-state index in [1.807, 2.05) is 0 Å². The Morgan fingerprint density at radius 1 is 1.29 bits per heavy atom. The third-order valence-corrected chi connectivity index (χ3v) is 1.85. The van der Waals surface area contributed by atoms with Crippen LogP contribution in [0.4, 0.5) is 0 Å². The molecule has 1 rings (SSSR count). The Bertz CT molecular complexity index is 469. The van der Waals surface area contributed by atoms with E-state index in [1.165, 1.54) is 25.1 Å². The van der Waals surface area contributed by atoms with Gasteiger partial charge in [-0.05, 0) is 30.7 Å². The first-order valence-corrected chi connectivity index (χ1v) is 4.88. The van der Waals surface area contributed by atoms with E-state index in [0.717, 1.165) is 6.08 Å². The summed E-state index contributed by atoms with van der Waals surface area (Å²) in [7, 11) is 0. The maximum absolute atomic E-state index is 11.2. The van der Waals surface area contributed by atoms with Crippen molar-refractivity contribution in [2.45, 2.75) is 6.92 Å². The third kappa shape index (κ3) is 4.34. The van der Waals surface area contributed by atoms with E-state index in [2.05, 4.69) is 11.3 Å². The van der Waals surface area contributed by atoms with Crippen LogP contribution in [0, 0.1) is 0 Å². The molecule has 88 valence electrons. The normalized spacial score (nSPS) is 10.2. The molecule has 0 aromatic heterocycles. The van der Waals surface area contributed by atoms with Gasteiger partial charge < -0.3 is 9.84 Å². The van der Waals surface area contributed by atoms with Crippen LogP contribution in [0.2, 0.25) is 0 Å². The topological polar surface area (TPSA) is 63.6 Å². The lowest BCUT2D eigenvalue weighted by Crippen LogP contribution is -2.10. The van der Waals surface area contributed by atoms with Gasteiger partial charge >= 0.3 is 11.9 Å². The number of hydrogen-bond acceptors (Lipinski definition) is 4. The first-order valence-electron chi connectivity index (χ1n) is 4.88. The van der Waals surface area contributed by atoms with Crippen molar-refractivity contribution in [3.8, 4) is 5.75 Å². The fraction of sp³-hybridized carbons (Fsp3) is 0.0769. The largest absolute Gasteiger partial charge is 0.508 e. The highest BCUT2D eigenvalue weighted by atomic mass is 16.6. The van der Waals surface area contributed by atoms with Gasteiger partial charge in [0.25, 0.3) is 0 Å². The smallest absolute Gasteiger partial charge is 0.340 e. The molecular formula is C13H12O4. The highest BCUT2D eigenvalue weighted by Crippen LogP contribution is 2.10. The van der Waals surface area contributed by atoms with Crippen LogP contribution in [0.1, 0.15) is 12.5 Å². The van der Waals surface area contributed by atoms with Gasteiger partial charge in [0.2, 0.25) is 0 Å². The summed E-state index contributed by atoms with van der Waals surface area (Å²) in [5, 5.41) is 9.04. The molecule has 0 atom stereocenters. The zero-order valence-electron chi connectivity index (χ0n) is 9.34. The quantitative estimate of drug-likeness (QED) is 0.492. The van der Waals surface area contributed by atoms with Crippen molar-refractivity contribution >= 4 is 18.0 Å². The van der Waals surface area contributed by atoms with Gasteiger partial charge in [0.05, 0.1) is 0 Å². The lowest BCUT2D eigenvalue weighted by Gasteiger charge is -1.98. The van der Waals surface area contributed by atoms with Crippen LogP contribution in [0.5, 0.6) is 5.75 Å². The van der Waals surface area contributed by atoms with Gasteiger partial charge in [-0.15, -0.1) is 0 Å². The molecular weight excluding hydrogens is 220 g/mol. The molecule has 0 spiro atoms. The van der Waals surface area contributed by atoms with Crippen LogP contribution in [0.3, 0.4) is 0 Å². The average molecular weight is 232 g/mol. The molecule has 4 heteroatoms. The molecule has 0 aliphatic carbocycles. The van der Waals surface area contributed by atoms with Crippen LogP contribution >= 0.6 is 0 Å². The molecule has 0 aliphatic heterocycles. The number of carbonyl (C=O) groups is 2. The SMILES string of the molecule is C=C(C)C(=O)OC(=O)/C=C/c1ccc(O)cc1. The van der Waals surface area contributed by atoms with Gasteiger partial charge in [-0.1, -0.05) is 18.7 Å². The highest BCUT2D eigenvalue weighted by Gasteiger charge is 2.07. The Morgan fingerprint density at radius 2 is 1.88 bits per heavy atom. The molecule has 1 aromatic carbocycles. The van der Waals surface area contributed by atoms with Gasteiger partial charge in [-0.25, -0.2) is 9.59 Å². The number of benzene rings is 1. The van der Waals surface area contributed by atoms with Crippen molar-refractivity contribution < 1.29 is 19.4 Å². The molecule has 0 radical (unpaired) electrons. The maximum Gasteiger partial charge on any atom is 0.340 e. The van der Waals surface area contributed by atoms with Crippen molar-refractivity contribution in [2.24, 2.45) is 0 Å². The van der Waals surface area contributed by atoms with E-state index in [-0.39, 0.29) is 11.3 Å². The predicted octanol–water partition coefficient (Wildman–Crippen LogP) is 2.05. The van der Waals surface area contributed by atoms with E-state index < -0.39 is 11.9 Å². The molecule has 0 aliphatic rings. The van der Waals surface area contributed by atoms with E-state index in [0.29, 0.717) is 5.56 Å². The highest BCUT2D eigenvalue weighted by molar-refractivity contribution is 6.00. The molecule has 0 saturated carbocycles. The van der Waals surface area contributed by atoms with Crippen molar-refractivity contribution in [3.63, 3.8) is 0 Å². The zero-order valence-corrected chi connectivity index (χ0v) is 9.34. The minimum atomic E-state index is -0.758. The number of rotatable bonds is 3. The third-order valence-electron chi connectivity index (χ3n) is 1.85. The van der Waals surface area contributed by atoms with Crippen LogP contribution < -0.4 is 0 Å². The van der Waals surface area contributed by atoms with Gasteiger partial charge in [0.1, 0.15) is 5.75 Å². The summed E-state index contributed by atoms with van der Waals surface area (Å²) in [6, 6.07) is 6.23. The molecule has 1 N–H and O–H groups in total. The molecule has 0 saturated heterocycles. The molecule has 0 unspecified atom stereocenters. The Kier molecular flexibility index (Phi) is 4.22. The molecule has 0 heterocycles. The number of aromatic hydroxyl groups is 1. The molecule has 0 fully saturated rings. The van der Waals surface area contributed by atoms with E-state index >= 15 is 0 Å². The Morgan fingerprint density at radius 3 is 2.41 bits per heavy atom. The van der Waals surface area contributed by atoms with E-state index in [9.17, 15) is 9.59 Å². The number of ether oxygens (including phenoxy) is 1. The molecule has 1 aromatic rings. The van der Waals surface area contributed by atoms with Crippen LogP contribution in [0.15, 0.2) is 42.5 Å². The van der Waals surface area contributed by atoms with Crippen molar-refractivity contribution in [3.05, 3.63) is 48.1 Å². The second-order valence-electron chi connectivity index (χ2n) is 3.41. The first-order chi connectivity index (χ1) is 7.99. The van der Waals surface area contributed by atoms with Gasteiger partial charge in [-0.2, -0.15) is 0 Å². The number of phenolic OH excluding ortho intramolecular Hbond substituents is 1. The summed E-state index contributed by atoms with van der Waals surface area (Å²) in [5.74, 6) is -1.36. The zero-order chi connectivity index (χ0) is 12.8. The fourth-order valence-corrected chi connectivity index (χ4v) is 0.962. The van der Waals surface area contributed by atoms with Gasteiger partial charge in [0.15, 0.2) is 0 Å². The Hall–Kier alpha value is -2.36. The number of carbonyl (C=O) groups excluding carboxylic acids is 2. The lowest BCUT2D eigenvalue weighted by molar-refractivity contribution is -0.153. The Labute approximate surface area is 98.8 Å². The minimum absolute atomic E-state index is 0.141. The maximum atomic E-state index is 11.2. The number of hydrogen-bond donors (Lipinski definition) is 1. The fourth-order valence-electron chi connectivity index (χ4n) is 0.962. The van der Waals surface area contributed by atoms with Crippen LogP contribution in [-0.4, -0.2) is 17.0 Å². The molecule has 4 nitrogen and oxygen atoms in total. The lowest BCUT2D eigenvalue weighted by atomic mass is 10.2. The predicted molar refractivity (Wildman–Crippen MR) is 63.1 cm³/mol. The first kappa shape index (κ1) is 12.7. The minimum Gasteiger partial charge on any atom is -0.508 e. The summed E-state index contributed by atoms with van der Waals surface area (Å²) in [4.78, 5) is 22.2. The summed E-state index contributed by atoms with van der Waals surface area (Å²) in [5.41, 5.74) is 0.874. The Balaban J connectivity index is 2.59. The standard InChI is InChI=1S/C13H12O4/c1-9(2)13(16)17-12(15)8-5-10-3-6-11(14)7-4-10/h3-8,14H,1H2,2H3/b8-5+. The second kappa shape index (κ2) is 5.65. The van der Waals surface area contributed by atoms with Crippen LogP contribution in [0.25, 0.3) is 6.08 Å². The summed E-state index contributed by atoms with van der Waals surface area (Å²) in [6.07, 6.45) is 2.61. The van der Waals surface area contributed by atoms with E-state index in [1.54, 1.807) is 12.1 Å².